The van der Waals surface area contributed by atoms with Crippen LogP contribution in [0.2, 0.25) is 0 Å². The Hall–Kier alpha value is -1.05. The van der Waals surface area contributed by atoms with Crippen molar-refractivity contribution in [3.63, 3.8) is 0 Å². The molecule has 0 aliphatic heterocycles. The molecule has 0 fully saturated rings. The van der Waals surface area contributed by atoms with Crippen LogP contribution >= 0.6 is 8.60 Å². The molecule has 0 aliphatic rings. The van der Waals surface area contributed by atoms with Gasteiger partial charge in [-0.3, -0.25) is 0 Å². The molecule has 6 N–H and O–H groups in total. The summed E-state index contributed by atoms with van der Waals surface area (Å²) >= 11 is 0. The van der Waals surface area contributed by atoms with Crippen molar-refractivity contribution >= 4 is 19.5 Å². The maximum Gasteiger partial charge on any atom is 0.327 e. The lowest BCUT2D eigenvalue weighted by Crippen LogP contribution is -2.38. The summed E-state index contributed by atoms with van der Waals surface area (Å²) < 4.78 is 4.38. The molecule has 0 saturated heterocycles. The first-order valence-corrected chi connectivity index (χ1v) is 7.39. The fraction of sp³-hybridized carbons (Fsp3) is 0.385. The zero-order valence-corrected chi connectivity index (χ0v) is 12.3. The van der Waals surface area contributed by atoms with Crippen molar-refractivity contribution in [1.29, 1.82) is 0 Å². The summed E-state index contributed by atoms with van der Waals surface area (Å²) in [6.45, 7) is -1.75. The molecule has 0 spiro atoms. The maximum absolute atomic E-state index is 8.73. The second-order valence-corrected chi connectivity index (χ2v) is 5.33. The first-order valence-electron chi connectivity index (χ1n) is 6.22. The Morgan fingerprint density at radius 1 is 1.00 bits per heavy atom. The normalized spacial score (nSPS) is 11.5. The molecule has 1 heterocycles. The molecule has 2 aromatic rings. The van der Waals surface area contributed by atoms with Gasteiger partial charge in [-0.05, 0) is 17.5 Å². The SMILES string of the molecule is OCC(CO)(CO)COP(O)O.c1ccc2[nH]ccc2c1. The molecule has 0 radical (unpaired) electrons. The number of para-hydroxylation sites is 1. The third-order valence-electron chi connectivity index (χ3n) is 2.95. The summed E-state index contributed by atoms with van der Waals surface area (Å²) in [6, 6.07) is 10.3. The van der Waals surface area contributed by atoms with Gasteiger partial charge < -0.3 is 34.6 Å². The van der Waals surface area contributed by atoms with E-state index in [4.69, 9.17) is 25.1 Å². The predicted molar refractivity (Wildman–Crippen MR) is 79.3 cm³/mol. The highest BCUT2D eigenvalue weighted by molar-refractivity contribution is 7.39. The molecular formula is C13H20NO6P. The van der Waals surface area contributed by atoms with Crippen LogP contribution in [0, 0.1) is 5.41 Å². The van der Waals surface area contributed by atoms with Crippen molar-refractivity contribution in [3.8, 4) is 0 Å². The van der Waals surface area contributed by atoms with E-state index >= 15 is 0 Å². The molecule has 0 unspecified atom stereocenters. The van der Waals surface area contributed by atoms with Gasteiger partial charge in [0.15, 0.2) is 0 Å². The molecule has 0 aliphatic carbocycles. The molecule has 1 aromatic carbocycles. The number of benzene rings is 1. The van der Waals surface area contributed by atoms with E-state index in [0.717, 1.165) is 0 Å². The number of fused-ring (bicyclic) bond motifs is 1. The van der Waals surface area contributed by atoms with Crippen LogP contribution < -0.4 is 0 Å². The predicted octanol–water partition coefficient (Wildman–Crippen LogP) is 0.346. The summed E-state index contributed by atoms with van der Waals surface area (Å²) in [5, 5.41) is 27.5. The van der Waals surface area contributed by atoms with E-state index in [1.165, 1.54) is 10.9 Å². The van der Waals surface area contributed by atoms with Gasteiger partial charge in [0, 0.05) is 11.7 Å². The highest BCUT2D eigenvalue weighted by Crippen LogP contribution is 2.28. The van der Waals surface area contributed by atoms with Gasteiger partial charge in [-0.15, -0.1) is 0 Å². The molecule has 0 amide bonds. The van der Waals surface area contributed by atoms with Crippen molar-refractivity contribution in [2.24, 2.45) is 5.41 Å². The Bertz CT molecular complexity index is 476. The second-order valence-electron chi connectivity index (χ2n) is 4.57. The quantitative estimate of drug-likeness (QED) is 0.427. The summed E-state index contributed by atoms with van der Waals surface area (Å²) in [5.74, 6) is 0. The number of aromatic nitrogens is 1. The van der Waals surface area contributed by atoms with Crippen LogP contribution in [-0.4, -0.2) is 56.5 Å². The maximum atomic E-state index is 8.73. The van der Waals surface area contributed by atoms with Gasteiger partial charge in [0.1, 0.15) is 0 Å². The fourth-order valence-corrected chi connectivity index (χ4v) is 1.87. The summed E-state index contributed by atoms with van der Waals surface area (Å²) in [6.07, 6.45) is 1.95. The molecule has 2 rings (SSSR count). The van der Waals surface area contributed by atoms with Crippen LogP contribution in [0.4, 0.5) is 0 Å². The van der Waals surface area contributed by atoms with E-state index in [2.05, 4.69) is 27.7 Å². The lowest BCUT2D eigenvalue weighted by molar-refractivity contribution is -0.0280. The van der Waals surface area contributed by atoms with Gasteiger partial charge in [0.25, 0.3) is 0 Å². The number of H-pyrrole nitrogens is 1. The van der Waals surface area contributed by atoms with Crippen molar-refractivity contribution in [1.82, 2.24) is 4.98 Å². The first kappa shape index (κ1) is 18.0. The van der Waals surface area contributed by atoms with E-state index in [-0.39, 0.29) is 6.61 Å². The minimum absolute atomic E-state index is 0.296. The summed E-state index contributed by atoms with van der Waals surface area (Å²) in [5.41, 5.74) is 0.00368. The molecule has 0 atom stereocenters. The Kier molecular flexibility index (Phi) is 7.77. The molecule has 0 saturated carbocycles. The summed E-state index contributed by atoms with van der Waals surface area (Å²) in [7, 11) is -2.52. The smallest absolute Gasteiger partial charge is 0.327 e. The summed E-state index contributed by atoms with van der Waals surface area (Å²) in [4.78, 5) is 19.8. The largest absolute Gasteiger partial charge is 0.396 e. The Morgan fingerprint density at radius 3 is 2.14 bits per heavy atom. The Balaban J connectivity index is 0.000000216. The number of aliphatic hydroxyl groups excluding tert-OH is 3. The zero-order valence-electron chi connectivity index (χ0n) is 11.4. The van der Waals surface area contributed by atoms with Gasteiger partial charge in [-0.1, -0.05) is 18.2 Å². The van der Waals surface area contributed by atoms with Crippen molar-refractivity contribution in [2.45, 2.75) is 0 Å². The third-order valence-corrected chi connectivity index (χ3v) is 3.31. The molecular weight excluding hydrogens is 297 g/mol. The van der Waals surface area contributed by atoms with Crippen LogP contribution in [0.5, 0.6) is 0 Å². The van der Waals surface area contributed by atoms with Crippen LogP contribution in [0.3, 0.4) is 0 Å². The van der Waals surface area contributed by atoms with Crippen LogP contribution in [0.25, 0.3) is 10.9 Å². The molecule has 8 heteroatoms. The average Bonchev–Trinajstić information content (AvgIpc) is 2.98. The number of rotatable bonds is 6. The van der Waals surface area contributed by atoms with E-state index in [9.17, 15) is 0 Å². The van der Waals surface area contributed by atoms with E-state index < -0.39 is 33.8 Å². The highest BCUT2D eigenvalue weighted by Gasteiger charge is 2.29. The molecule has 21 heavy (non-hydrogen) atoms. The first-order chi connectivity index (χ1) is 10.1. The van der Waals surface area contributed by atoms with Crippen LogP contribution in [0.15, 0.2) is 36.5 Å². The van der Waals surface area contributed by atoms with E-state index in [1.807, 2.05) is 18.3 Å². The number of hydrogen-bond donors (Lipinski definition) is 6. The third kappa shape index (κ3) is 5.68. The van der Waals surface area contributed by atoms with E-state index in [1.54, 1.807) is 0 Å². The van der Waals surface area contributed by atoms with Crippen molar-refractivity contribution in [3.05, 3.63) is 36.5 Å². The number of nitrogens with one attached hydrogen (secondary N) is 1. The standard InChI is InChI=1S/C8H7N.C5H13O6P/c1-2-4-8-7(3-1)5-6-9-8;6-1-5(2-7,3-8)4-11-12(9)10/h1-6,9H;6-10H,1-4H2. The number of aromatic amines is 1. The monoisotopic (exact) mass is 317 g/mol. The van der Waals surface area contributed by atoms with Gasteiger partial charge in [0.2, 0.25) is 0 Å². The van der Waals surface area contributed by atoms with Crippen molar-refractivity contribution < 1.29 is 29.6 Å². The topological polar surface area (TPSA) is 126 Å². The molecule has 0 bridgehead atoms. The van der Waals surface area contributed by atoms with Crippen molar-refractivity contribution in [2.75, 3.05) is 26.4 Å². The Labute approximate surface area is 123 Å². The minimum Gasteiger partial charge on any atom is -0.396 e. The number of hydrogen-bond acceptors (Lipinski definition) is 6. The van der Waals surface area contributed by atoms with E-state index in [0.29, 0.717) is 0 Å². The van der Waals surface area contributed by atoms with Crippen LogP contribution in [0.1, 0.15) is 0 Å². The zero-order chi connectivity index (χ0) is 15.7. The van der Waals surface area contributed by atoms with Crippen LogP contribution in [-0.2, 0) is 4.52 Å². The number of aliphatic hydroxyl groups is 3. The molecule has 7 nitrogen and oxygen atoms in total. The fourth-order valence-electron chi connectivity index (χ4n) is 1.48. The lowest BCUT2D eigenvalue weighted by Gasteiger charge is -2.26. The Morgan fingerprint density at radius 2 is 1.62 bits per heavy atom. The lowest BCUT2D eigenvalue weighted by atomic mass is 9.93. The van der Waals surface area contributed by atoms with Gasteiger partial charge >= 0.3 is 8.60 Å². The molecule has 1 aromatic heterocycles. The van der Waals surface area contributed by atoms with Gasteiger partial charge in [-0.2, -0.15) is 0 Å². The average molecular weight is 317 g/mol. The van der Waals surface area contributed by atoms with Gasteiger partial charge in [0.05, 0.1) is 31.8 Å². The second kappa shape index (κ2) is 9.07. The molecule has 118 valence electrons. The minimum atomic E-state index is -2.52. The highest BCUT2D eigenvalue weighted by atomic mass is 31.2. The van der Waals surface area contributed by atoms with Gasteiger partial charge in [-0.25, -0.2) is 0 Å².